The molecule has 1 aromatic heterocycles. The normalized spacial score (nSPS) is 20.2. The van der Waals surface area contributed by atoms with E-state index in [1.807, 2.05) is 30.4 Å². The Morgan fingerprint density at radius 2 is 1.97 bits per heavy atom. The summed E-state index contributed by atoms with van der Waals surface area (Å²) in [6.07, 6.45) is 5.59. The first-order chi connectivity index (χ1) is 15.6. The Morgan fingerprint density at radius 3 is 2.78 bits per heavy atom. The van der Waals surface area contributed by atoms with E-state index in [-0.39, 0.29) is 11.2 Å². The lowest BCUT2D eigenvalue weighted by Crippen LogP contribution is -2.22. The van der Waals surface area contributed by atoms with Crippen molar-refractivity contribution in [3.8, 4) is 11.8 Å². The van der Waals surface area contributed by atoms with Crippen LogP contribution < -0.4 is 15.4 Å². The van der Waals surface area contributed by atoms with Gasteiger partial charge in [0.2, 0.25) is 5.95 Å². The zero-order valence-corrected chi connectivity index (χ0v) is 17.7. The van der Waals surface area contributed by atoms with Crippen LogP contribution in [0.3, 0.4) is 0 Å². The number of nitrogens with one attached hydrogen (secondary N) is 2. The smallest absolute Gasteiger partial charge is 0.229 e. The Hall–Kier alpha value is -3.92. The van der Waals surface area contributed by atoms with Crippen molar-refractivity contribution in [3.05, 3.63) is 82.8 Å². The van der Waals surface area contributed by atoms with Gasteiger partial charge in [0.15, 0.2) is 0 Å². The van der Waals surface area contributed by atoms with Crippen molar-refractivity contribution < 1.29 is 9.13 Å². The minimum atomic E-state index is -0.346. The van der Waals surface area contributed by atoms with Gasteiger partial charge in [0.05, 0.1) is 11.3 Å². The van der Waals surface area contributed by atoms with Gasteiger partial charge in [-0.1, -0.05) is 18.2 Å². The number of benzene rings is 2. The topological polar surface area (TPSA) is 82.9 Å². The van der Waals surface area contributed by atoms with Crippen LogP contribution in [0.5, 0.6) is 5.75 Å². The summed E-state index contributed by atoms with van der Waals surface area (Å²) in [5.74, 6) is 1.51. The molecule has 2 heterocycles. The van der Waals surface area contributed by atoms with Crippen LogP contribution in [0.4, 0.5) is 21.8 Å². The Morgan fingerprint density at radius 1 is 1.12 bits per heavy atom. The third-order valence-corrected chi connectivity index (χ3v) is 6.13. The lowest BCUT2D eigenvalue weighted by Gasteiger charge is -2.26. The van der Waals surface area contributed by atoms with Crippen molar-refractivity contribution in [3.63, 3.8) is 0 Å². The average Bonchev–Trinajstić information content (AvgIpc) is 3.14. The maximum Gasteiger partial charge on any atom is 0.229 e. The highest BCUT2D eigenvalue weighted by Crippen LogP contribution is 2.45. The van der Waals surface area contributed by atoms with E-state index < -0.39 is 0 Å². The number of hydrogen-bond donors (Lipinski definition) is 2. The summed E-state index contributed by atoms with van der Waals surface area (Å²) in [5.41, 5.74) is 3.91. The fourth-order valence-electron chi connectivity index (χ4n) is 4.36. The predicted octanol–water partition coefficient (Wildman–Crippen LogP) is 4.84. The fraction of sp³-hybridized carbons (Fsp3) is 0.240. The third kappa shape index (κ3) is 3.54. The van der Waals surface area contributed by atoms with Crippen LogP contribution in [-0.2, 0) is 11.8 Å². The Labute approximate surface area is 185 Å². The summed E-state index contributed by atoms with van der Waals surface area (Å²) in [6, 6.07) is 14.1. The molecular formula is C25H22FN5O. The molecule has 0 fully saturated rings. The SMILES string of the molecule is CC1(c2ccc(F)cc2)CCc2c3nc(nc21)Nc1ccc(C#N)c(c1)OC/C=C/CN3. The standard InChI is InChI=1S/C25H22FN5O/c1-25(17-5-7-18(26)8-6-17)11-10-20-22(25)30-24-29-19-9-4-16(15-27)21(14-19)32-13-3-2-12-28-23(20)31-24/h2-9,14H,10-13H2,1H3,(H2,28,29,30,31)/b3-2+. The van der Waals surface area contributed by atoms with Gasteiger partial charge < -0.3 is 15.4 Å². The number of rotatable bonds is 1. The number of fused-ring (bicyclic) bond motifs is 6. The molecule has 0 saturated carbocycles. The quantitative estimate of drug-likeness (QED) is 0.541. The van der Waals surface area contributed by atoms with Gasteiger partial charge >= 0.3 is 0 Å². The molecule has 32 heavy (non-hydrogen) atoms. The number of ether oxygens (including phenoxy) is 1. The maximum absolute atomic E-state index is 13.5. The minimum Gasteiger partial charge on any atom is -0.488 e. The lowest BCUT2D eigenvalue weighted by molar-refractivity contribution is 0.362. The Balaban J connectivity index is 1.62. The van der Waals surface area contributed by atoms with E-state index in [2.05, 4.69) is 23.6 Å². The molecule has 0 saturated heterocycles. The average molecular weight is 427 g/mol. The van der Waals surface area contributed by atoms with Gasteiger partial charge in [0.1, 0.15) is 30.1 Å². The molecule has 2 aliphatic rings. The number of nitrogens with zero attached hydrogens (tertiary/aromatic N) is 3. The molecule has 2 aromatic carbocycles. The van der Waals surface area contributed by atoms with Crippen molar-refractivity contribution in [1.29, 1.82) is 5.26 Å². The highest BCUT2D eigenvalue weighted by molar-refractivity contribution is 5.64. The number of aromatic nitrogens is 2. The van der Waals surface area contributed by atoms with E-state index >= 15 is 0 Å². The zero-order chi connectivity index (χ0) is 22.1. The van der Waals surface area contributed by atoms with Crippen molar-refractivity contribution in [1.82, 2.24) is 9.97 Å². The first kappa shape index (κ1) is 20.0. The van der Waals surface area contributed by atoms with Gasteiger partial charge in [-0.3, -0.25) is 0 Å². The lowest BCUT2D eigenvalue weighted by atomic mass is 9.80. The second-order valence-corrected chi connectivity index (χ2v) is 8.17. The van der Waals surface area contributed by atoms with Crippen LogP contribution in [0.25, 0.3) is 0 Å². The van der Waals surface area contributed by atoms with Gasteiger partial charge in [-0.25, -0.2) is 9.37 Å². The summed E-state index contributed by atoms with van der Waals surface area (Å²) in [6.45, 7) is 3.10. The molecule has 2 N–H and O–H groups in total. The van der Waals surface area contributed by atoms with E-state index in [1.165, 1.54) is 12.1 Å². The zero-order valence-electron chi connectivity index (χ0n) is 17.7. The first-order valence-corrected chi connectivity index (χ1v) is 10.6. The molecule has 1 aliphatic heterocycles. The Kier molecular flexibility index (Phi) is 4.98. The van der Waals surface area contributed by atoms with Crippen molar-refractivity contribution in [2.24, 2.45) is 0 Å². The molecule has 0 radical (unpaired) electrons. The number of nitriles is 1. The molecular weight excluding hydrogens is 405 g/mol. The summed E-state index contributed by atoms with van der Waals surface area (Å²) in [7, 11) is 0. The predicted molar refractivity (Wildman–Crippen MR) is 121 cm³/mol. The van der Waals surface area contributed by atoms with Gasteiger partial charge in [-0.15, -0.1) is 0 Å². The summed E-state index contributed by atoms with van der Waals surface area (Å²) in [4.78, 5) is 9.65. The molecule has 7 heteroatoms. The summed E-state index contributed by atoms with van der Waals surface area (Å²) < 4.78 is 19.3. The van der Waals surface area contributed by atoms with Crippen LogP contribution in [0.2, 0.25) is 0 Å². The molecule has 3 aromatic rings. The van der Waals surface area contributed by atoms with Gasteiger partial charge in [0.25, 0.3) is 0 Å². The summed E-state index contributed by atoms with van der Waals surface area (Å²) in [5, 5.41) is 16.0. The maximum atomic E-state index is 13.5. The van der Waals surface area contributed by atoms with Crippen molar-refractivity contribution >= 4 is 17.5 Å². The van der Waals surface area contributed by atoms with Gasteiger partial charge in [0, 0.05) is 29.3 Å². The minimum absolute atomic E-state index is 0.251. The highest BCUT2D eigenvalue weighted by Gasteiger charge is 2.40. The third-order valence-electron chi connectivity index (χ3n) is 6.13. The first-order valence-electron chi connectivity index (χ1n) is 10.6. The molecule has 0 spiro atoms. The molecule has 5 rings (SSSR count). The number of hydrogen-bond acceptors (Lipinski definition) is 6. The van der Waals surface area contributed by atoms with E-state index in [0.717, 1.165) is 41.2 Å². The van der Waals surface area contributed by atoms with Crippen LogP contribution in [-0.4, -0.2) is 23.1 Å². The van der Waals surface area contributed by atoms with Crippen LogP contribution >= 0.6 is 0 Å². The molecule has 1 unspecified atom stereocenters. The number of anilines is 3. The monoisotopic (exact) mass is 427 g/mol. The molecule has 160 valence electrons. The molecule has 0 amide bonds. The van der Waals surface area contributed by atoms with E-state index in [0.29, 0.717) is 30.4 Å². The largest absolute Gasteiger partial charge is 0.488 e. The van der Waals surface area contributed by atoms with Crippen molar-refractivity contribution in [2.75, 3.05) is 23.8 Å². The van der Waals surface area contributed by atoms with Crippen LogP contribution in [0.15, 0.2) is 54.6 Å². The molecule has 4 bridgehead atoms. The van der Waals surface area contributed by atoms with Crippen LogP contribution in [0.1, 0.15) is 35.7 Å². The second-order valence-electron chi connectivity index (χ2n) is 8.17. The molecule has 6 nitrogen and oxygen atoms in total. The van der Waals surface area contributed by atoms with E-state index in [9.17, 15) is 9.65 Å². The molecule has 1 aliphatic carbocycles. The Bertz CT molecular complexity index is 1250. The number of halogens is 1. The second kappa shape index (κ2) is 7.97. The van der Waals surface area contributed by atoms with Crippen LogP contribution in [0, 0.1) is 17.1 Å². The molecule has 1 atom stereocenters. The fourth-order valence-corrected chi connectivity index (χ4v) is 4.36. The van der Waals surface area contributed by atoms with E-state index in [1.54, 1.807) is 12.1 Å². The highest BCUT2D eigenvalue weighted by atomic mass is 19.1. The van der Waals surface area contributed by atoms with Gasteiger partial charge in [-0.2, -0.15) is 10.2 Å². The van der Waals surface area contributed by atoms with Gasteiger partial charge in [-0.05, 0) is 55.7 Å². The summed E-state index contributed by atoms with van der Waals surface area (Å²) >= 11 is 0. The van der Waals surface area contributed by atoms with Crippen molar-refractivity contribution in [2.45, 2.75) is 25.2 Å². The van der Waals surface area contributed by atoms with E-state index in [4.69, 9.17) is 14.7 Å².